The van der Waals surface area contributed by atoms with Gasteiger partial charge in [-0.25, -0.2) is 14.9 Å². The van der Waals surface area contributed by atoms with E-state index in [2.05, 4.69) is 26.7 Å². The highest BCUT2D eigenvalue weighted by atomic mass is 35.5. The minimum Gasteiger partial charge on any atom is -0.430 e. The normalized spacial score (nSPS) is 11.8. The van der Waals surface area contributed by atoms with Gasteiger partial charge >= 0.3 is 11.4 Å². The van der Waals surface area contributed by atoms with Crippen LogP contribution in [0, 0.1) is 0 Å². The van der Waals surface area contributed by atoms with Crippen LogP contribution in [0.15, 0.2) is 130 Å². The number of rotatable bonds is 11. The summed E-state index contributed by atoms with van der Waals surface area (Å²) < 4.78 is 10.5. The molecule has 0 radical (unpaired) electrons. The van der Waals surface area contributed by atoms with E-state index >= 15 is 0 Å². The van der Waals surface area contributed by atoms with Crippen LogP contribution in [0.5, 0.6) is 0 Å². The first-order valence-electron chi connectivity index (χ1n) is 15.7. The molecule has 7 aromatic rings. The van der Waals surface area contributed by atoms with Gasteiger partial charge in [0, 0.05) is 45.7 Å². The Morgan fingerprint density at radius 3 is 2.35 bits per heavy atom. The lowest BCUT2D eigenvalue weighted by atomic mass is 10.1. The number of H-pyrrole nitrogens is 1. The summed E-state index contributed by atoms with van der Waals surface area (Å²) in [6.07, 6.45) is 4.53. The molecule has 0 fully saturated rings. The molecule has 0 spiro atoms. The first-order chi connectivity index (χ1) is 23.9. The Kier molecular flexibility index (Phi) is 9.31. The van der Waals surface area contributed by atoms with E-state index in [-0.39, 0.29) is 17.9 Å². The zero-order chi connectivity index (χ0) is 33.7. The fraction of sp³-hybridized carbons (Fsp3) is 0.135. The molecule has 1 amide bonds. The largest absolute Gasteiger partial charge is 0.430 e. The highest BCUT2D eigenvalue weighted by Crippen LogP contribution is 2.22. The Bertz CT molecular complexity index is 2350. The van der Waals surface area contributed by atoms with Crippen molar-refractivity contribution in [3.63, 3.8) is 0 Å². The van der Waals surface area contributed by atoms with Gasteiger partial charge in [-0.3, -0.25) is 13.9 Å². The Hall–Kier alpha value is -5.58. The topological polar surface area (TPSA) is 115 Å². The molecule has 0 saturated carbocycles. The van der Waals surface area contributed by atoms with Crippen LogP contribution in [0.3, 0.4) is 0 Å². The summed E-state index contributed by atoms with van der Waals surface area (Å²) in [4.78, 5) is 30.2. The van der Waals surface area contributed by atoms with Crippen molar-refractivity contribution in [2.75, 3.05) is 0 Å². The number of hydrogen-bond donors (Lipinski definition) is 2. The molecule has 0 aliphatic heterocycles. The summed E-state index contributed by atoms with van der Waals surface area (Å²) in [7, 11) is 0. The highest BCUT2D eigenvalue weighted by molar-refractivity contribution is 6.30. The number of carbonyl (C=O) groups excluding carboxylic acids is 1. The molecular weight excluding hydrogens is 661 g/mol. The van der Waals surface area contributed by atoms with E-state index in [0.717, 1.165) is 38.9 Å². The molecule has 0 aliphatic rings. The molecule has 4 aromatic carbocycles. The number of nitrogens with one attached hydrogen (secondary N) is 2. The maximum absolute atomic E-state index is 13.7. The van der Waals surface area contributed by atoms with Crippen LogP contribution in [0.2, 0.25) is 10.0 Å². The third-order valence-corrected chi connectivity index (χ3v) is 8.75. The van der Waals surface area contributed by atoms with Gasteiger partial charge in [0.2, 0.25) is 0 Å². The number of fused-ring (bicyclic) bond motifs is 1. The van der Waals surface area contributed by atoms with Crippen molar-refractivity contribution in [3.8, 4) is 11.3 Å². The number of aryl methyl sites for hydroxylation is 1. The van der Waals surface area contributed by atoms with Crippen molar-refractivity contribution in [2.24, 2.45) is 5.10 Å². The summed E-state index contributed by atoms with van der Waals surface area (Å²) in [5.41, 5.74) is 8.05. The molecular formula is C37H31Cl2N7O3. The molecule has 0 aliphatic carbocycles. The second kappa shape index (κ2) is 14.3. The first kappa shape index (κ1) is 32.0. The van der Waals surface area contributed by atoms with E-state index in [1.165, 1.54) is 4.68 Å². The minimum absolute atomic E-state index is 0.183. The highest BCUT2D eigenvalue weighted by Gasteiger charge is 2.18. The molecule has 0 saturated heterocycles. The zero-order valence-corrected chi connectivity index (χ0v) is 27.7. The Morgan fingerprint density at radius 2 is 1.57 bits per heavy atom. The molecule has 3 heterocycles. The van der Waals surface area contributed by atoms with Gasteiger partial charge in [-0.1, -0.05) is 96.0 Å². The summed E-state index contributed by atoms with van der Waals surface area (Å²) in [5, 5.41) is 11.2. The summed E-state index contributed by atoms with van der Waals surface area (Å²) in [6.45, 7) is 0.493. The van der Waals surface area contributed by atoms with Crippen LogP contribution < -0.4 is 16.8 Å². The fourth-order valence-electron chi connectivity index (χ4n) is 5.77. The van der Waals surface area contributed by atoms with Gasteiger partial charge in [0.15, 0.2) is 0 Å². The number of benzene rings is 4. The van der Waals surface area contributed by atoms with Crippen molar-refractivity contribution in [2.45, 2.75) is 32.5 Å². The lowest BCUT2D eigenvalue weighted by Crippen LogP contribution is -2.33. The number of aromatic nitrogens is 5. The molecule has 7 rings (SSSR count). The number of oxazole rings is 1. The number of aromatic amines is 1. The third-order valence-electron chi connectivity index (χ3n) is 8.25. The number of amides is 1. The number of hydrogen-bond acceptors (Lipinski definition) is 5. The van der Waals surface area contributed by atoms with Crippen LogP contribution >= 0.6 is 23.2 Å². The Balaban J connectivity index is 1.15. The molecule has 12 heteroatoms. The van der Waals surface area contributed by atoms with Crippen LogP contribution in [-0.4, -0.2) is 29.8 Å². The SMILES string of the molecule is O=C(Cn1nc(Cc2ccc(Cl)cc2)n(CCc2c[nH]c3ccccc23)c1=O)N/N=c1\occ(-c2ccc(Cl)cc2)n1Cc1ccccc1. The van der Waals surface area contributed by atoms with Gasteiger partial charge in [-0.05, 0) is 53.4 Å². The van der Waals surface area contributed by atoms with Crippen LogP contribution in [0.25, 0.3) is 22.2 Å². The van der Waals surface area contributed by atoms with Gasteiger partial charge in [0.1, 0.15) is 18.6 Å². The number of halogens is 2. The fourth-order valence-corrected chi connectivity index (χ4v) is 6.02. The van der Waals surface area contributed by atoms with E-state index < -0.39 is 5.91 Å². The average Bonchev–Trinajstić information content (AvgIpc) is 3.80. The van der Waals surface area contributed by atoms with Crippen molar-refractivity contribution >= 4 is 40.0 Å². The summed E-state index contributed by atoms with van der Waals surface area (Å²) in [5.74, 6) is 0.00775. The van der Waals surface area contributed by atoms with Crippen molar-refractivity contribution in [1.29, 1.82) is 0 Å². The van der Waals surface area contributed by atoms with Gasteiger partial charge in [-0.2, -0.15) is 5.10 Å². The van der Waals surface area contributed by atoms with Gasteiger partial charge in [0.05, 0.1) is 12.2 Å². The second-order valence-corrected chi connectivity index (χ2v) is 12.4. The van der Waals surface area contributed by atoms with E-state index in [1.54, 1.807) is 35.1 Å². The minimum atomic E-state index is -0.530. The Labute approximate surface area is 290 Å². The van der Waals surface area contributed by atoms with Crippen LogP contribution in [0.4, 0.5) is 0 Å². The smallest absolute Gasteiger partial charge is 0.346 e. The second-order valence-electron chi connectivity index (χ2n) is 11.5. The van der Waals surface area contributed by atoms with Crippen molar-refractivity contribution < 1.29 is 9.21 Å². The number of para-hydroxylation sites is 1. The summed E-state index contributed by atoms with van der Waals surface area (Å²) in [6, 6.07) is 32.7. The summed E-state index contributed by atoms with van der Waals surface area (Å²) >= 11 is 12.2. The predicted molar refractivity (Wildman–Crippen MR) is 189 cm³/mol. The molecule has 3 aromatic heterocycles. The lowest BCUT2D eigenvalue weighted by Gasteiger charge is -2.08. The molecule has 0 atom stereocenters. The molecule has 246 valence electrons. The molecule has 2 N–H and O–H groups in total. The zero-order valence-electron chi connectivity index (χ0n) is 26.2. The average molecular weight is 693 g/mol. The number of nitrogens with zero attached hydrogens (tertiary/aromatic N) is 5. The standard InChI is InChI=1S/C37H31Cl2N7O3/c38-29-14-10-25(11-15-29)20-34-43-46(37(48)44(34)19-18-28-21-40-32-9-5-4-8-31(28)32)23-35(47)41-42-36-45(22-26-6-2-1-3-7-26)33(24-49-36)27-12-16-30(39)17-13-27/h1-17,21,24,40H,18-20,22-23H2,(H,41,47)/b42-36-. The van der Waals surface area contributed by atoms with Crippen molar-refractivity contribution in [1.82, 2.24) is 29.3 Å². The third kappa shape index (κ3) is 7.30. The van der Waals surface area contributed by atoms with Crippen LogP contribution in [-0.2, 0) is 37.3 Å². The molecule has 0 unspecified atom stereocenters. The molecule has 49 heavy (non-hydrogen) atoms. The Morgan fingerprint density at radius 1 is 0.857 bits per heavy atom. The van der Waals surface area contributed by atoms with E-state index in [0.29, 0.717) is 41.8 Å². The predicted octanol–water partition coefficient (Wildman–Crippen LogP) is 6.41. The van der Waals surface area contributed by atoms with E-state index in [1.807, 2.05) is 83.6 Å². The molecule has 10 nitrogen and oxygen atoms in total. The maximum Gasteiger partial charge on any atom is 0.346 e. The molecule has 0 bridgehead atoms. The maximum atomic E-state index is 13.7. The lowest BCUT2D eigenvalue weighted by molar-refractivity contribution is -0.122. The quantitative estimate of drug-likeness (QED) is 0.153. The van der Waals surface area contributed by atoms with Gasteiger partial charge in [0.25, 0.3) is 5.91 Å². The van der Waals surface area contributed by atoms with Gasteiger partial charge < -0.3 is 9.40 Å². The monoisotopic (exact) mass is 691 g/mol. The van der Waals surface area contributed by atoms with E-state index in [4.69, 9.17) is 27.6 Å². The van der Waals surface area contributed by atoms with Crippen LogP contribution in [0.1, 0.15) is 22.5 Å². The number of carbonyl (C=O) groups is 1. The van der Waals surface area contributed by atoms with E-state index in [9.17, 15) is 9.59 Å². The van der Waals surface area contributed by atoms with Gasteiger partial charge in [-0.15, -0.1) is 5.10 Å². The first-order valence-corrected chi connectivity index (χ1v) is 16.4. The van der Waals surface area contributed by atoms with Crippen molar-refractivity contribution in [3.05, 3.63) is 164 Å².